The van der Waals surface area contributed by atoms with Gasteiger partial charge >= 0.3 is 0 Å². The van der Waals surface area contributed by atoms with Gasteiger partial charge in [-0.15, -0.1) is 0 Å². The summed E-state index contributed by atoms with van der Waals surface area (Å²) in [5.41, 5.74) is 5.81. The molecule has 0 bridgehead atoms. The molecule has 3 N–H and O–H groups in total. The van der Waals surface area contributed by atoms with Gasteiger partial charge in [0.2, 0.25) is 5.91 Å². The van der Waals surface area contributed by atoms with Gasteiger partial charge in [0, 0.05) is 25.6 Å². The lowest BCUT2D eigenvalue weighted by molar-refractivity contribution is -0.131. The van der Waals surface area contributed by atoms with Crippen LogP contribution in [0.5, 0.6) is 0 Å². The maximum atomic E-state index is 11.6. The second kappa shape index (κ2) is 4.75. The van der Waals surface area contributed by atoms with Crippen molar-refractivity contribution in [2.24, 2.45) is 5.73 Å². The first kappa shape index (κ1) is 11.5. The average molecular weight is 200 g/mol. The molecule has 0 aromatic carbocycles. The second-order valence-electron chi connectivity index (χ2n) is 4.29. The zero-order valence-corrected chi connectivity index (χ0v) is 8.83. The summed E-state index contributed by atoms with van der Waals surface area (Å²) in [6.45, 7) is 0.411. The zero-order valence-electron chi connectivity index (χ0n) is 8.83. The van der Waals surface area contributed by atoms with Crippen LogP contribution in [0, 0.1) is 0 Å². The largest absolute Gasteiger partial charge is 0.395 e. The van der Waals surface area contributed by atoms with Crippen LogP contribution in [0.2, 0.25) is 0 Å². The third-order valence-electron chi connectivity index (χ3n) is 2.96. The number of carbonyl (C=O) groups is 1. The fourth-order valence-electron chi connectivity index (χ4n) is 1.97. The number of hydrogen-bond acceptors (Lipinski definition) is 3. The molecule has 0 unspecified atom stereocenters. The van der Waals surface area contributed by atoms with Gasteiger partial charge < -0.3 is 15.7 Å². The molecule has 0 aliphatic heterocycles. The van der Waals surface area contributed by atoms with Crippen LogP contribution in [-0.2, 0) is 4.79 Å². The standard InChI is InChI=1S/C10H20N2O2/c1-12(6-7-13)9(14)8-10(11)4-2-3-5-10/h13H,2-8,11H2,1H3. The quantitative estimate of drug-likeness (QED) is 0.676. The van der Waals surface area contributed by atoms with Crippen molar-refractivity contribution >= 4 is 5.91 Å². The maximum absolute atomic E-state index is 11.6. The Bertz CT molecular complexity index is 200. The van der Waals surface area contributed by atoms with E-state index in [2.05, 4.69) is 0 Å². The molecule has 1 aliphatic rings. The van der Waals surface area contributed by atoms with Gasteiger partial charge in [-0.2, -0.15) is 0 Å². The van der Waals surface area contributed by atoms with Crippen molar-refractivity contribution < 1.29 is 9.90 Å². The Kier molecular flexibility index (Phi) is 3.89. The molecule has 82 valence electrons. The number of rotatable bonds is 4. The summed E-state index contributed by atoms with van der Waals surface area (Å²) >= 11 is 0. The summed E-state index contributed by atoms with van der Waals surface area (Å²) < 4.78 is 0. The van der Waals surface area contributed by atoms with E-state index in [1.54, 1.807) is 11.9 Å². The van der Waals surface area contributed by atoms with Crippen LogP contribution in [0.3, 0.4) is 0 Å². The maximum Gasteiger partial charge on any atom is 0.224 e. The molecular formula is C10H20N2O2. The van der Waals surface area contributed by atoms with Crippen molar-refractivity contribution in [2.45, 2.75) is 37.6 Å². The molecule has 0 aromatic heterocycles. The average Bonchev–Trinajstić information content (AvgIpc) is 2.52. The van der Waals surface area contributed by atoms with Gasteiger partial charge in [0.1, 0.15) is 0 Å². The summed E-state index contributed by atoms with van der Waals surface area (Å²) in [5, 5.41) is 8.69. The highest BCUT2D eigenvalue weighted by molar-refractivity contribution is 5.77. The molecule has 0 saturated heterocycles. The minimum atomic E-state index is -0.277. The number of hydrogen-bond donors (Lipinski definition) is 2. The van der Waals surface area contributed by atoms with E-state index in [0.717, 1.165) is 25.7 Å². The number of nitrogens with zero attached hydrogens (tertiary/aromatic N) is 1. The molecule has 0 radical (unpaired) electrons. The summed E-state index contributed by atoms with van der Waals surface area (Å²) in [7, 11) is 1.71. The Hall–Kier alpha value is -0.610. The fourth-order valence-corrected chi connectivity index (χ4v) is 1.97. The molecule has 1 amide bonds. The van der Waals surface area contributed by atoms with E-state index in [1.807, 2.05) is 0 Å². The summed E-state index contributed by atoms with van der Waals surface area (Å²) in [5.74, 6) is 0.0449. The molecular weight excluding hydrogens is 180 g/mol. The number of likely N-dealkylation sites (N-methyl/N-ethyl adjacent to an activating group) is 1. The van der Waals surface area contributed by atoms with Gasteiger partial charge in [0.05, 0.1) is 6.61 Å². The van der Waals surface area contributed by atoms with Crippen molar-refractivity contribution in [3.8, 4) is 0 Å². The molecule has 4 nitrogen and oxygen atoms in total. The molecule has 4 heteroatoms. The third-order valence-corrected chi connectivity index (χ3v) is 2.96. The lowest BCUT2D eigenvalue weighted by Crippen LogP contribution is -2.43. The van der Waals surface area contributed by atoms with E-state index in [1.165, 1.54) is 0 Å². The van der Waals surface area contributed by atoms with E-state index in [4.69, 9.17) is 10.8 Å². The molecule has 0 heterocycles. The number of aliphatic hydroxyl groups is 1. The molecule has 0 aromatic rings. The highest BCUT2D eigenvalue weighted by Gasteiger charge is 2.32. The van der Waals surface area contributed by atoms with E-state index >= 15 is 0 Å². The van der Waals surface area contributed by atoms with E-state index in [-0.39, 0.29) is 18.1 Å². The molecule has 0 atom stereocenters. The molecule has 1 fully saturated rings. The van der Waals surface area contributed by atoms with Crippen LogP contribution in [-0.4, -0.2) is 41.7 Å². The Balaban J connectivity index is 2.39. The van der Waals surface area contributed by atoms with Gasteiger partial charge in [0.15, 0.2) is 0 Å². The van der Waals surface area contributed by atoms with Crippen LogP contribution in [0.4, 0.5) is 0 Å². The smallest absolute Gasteiger partial charge is 0.224 e. The van der Waals surface area contributed by atoms with Crippen molar-refractivity contribution in [1.82, 2.24) is 4.90 Å². The number of nitrogens with two attached hydrogens (primary N) is 1. The lowest BCUT2D eigenvalue weighted by atomic mass is 9.94. The Labute approximate surface area is 85.1 Å². The van der Waals surface area contributed by atoms with Crippen LogP contribution in [0.25, 0.3) is 0 Å². The first-order valence-electron chi connectivity index (χ1n) is 5.21. The molecule has 0 spiro atoms. The van der Waals surface area contributed by atoms with Crippen LogP contribution >= 0.6 is 0 Å². The zero-order chi connectivity index (χ0) is 10.6. The Morgan fingerprint density at radius 3 is 2.57 bits per heavy atom. The minimum absolute atomic E-state index is 0.0137. The first-order chi connectivity index (χ1) is 6.57. The first-order valence-corrected chi connectivity index (χ1v) is 5.21. The van der Waals surface area contributed by atoms with E-state index in [9.17, 15) is 4.79 Å². The second-order valence-corrected chi connectivity index (χ2v) is 4.29. The predicted molar refractivity (Wildman–Crippen MR) is 54.7 cm³/mol. The van der Waals surface area contributed by atoms with Crippen LogP contribution in [0.1, 0.15) is 32.1 Å². The number of amides is 1. The topological polar surface area (TPSA) is 66.6 Å². The highest BCUT2D eigenvalue weighted by Crippen LogP contribution is 2.30. The Morgan fingerprint density at radius 2 is 2.07 bits per heavy atom. The monoisotopic (exact) mass is 200 g/mol. The molecule has 1 saturated carbocycles. The Morgan fingerprint density at radius 1 is 1.50 bits per heavy atom. The number of aliphatic hydroxyl groups excluding tert-OH is 1. The van der Waals surface area contributed by atoms with Crippen LogP contribution in [0.15, 0.2) is 0 Å². The summed E-state index contributed by atoms with van der Waals surface area (Å²) in [6.07, 6.45) is 4.59. The van der Waals surface area contributed by atoms with Crippen molar-refractivity contribution in [1.29, 1.82) is 0 Å². The SMILES string of the molecule is CN(CCO)C(=O)CC1(N)CCCC1. The van der Waals surface area contributed by atoms with Gasteiger partial charge in [-0.3, -0.25) is 4.79 Å². The van der Waals surface area contributed by atoms with Gasteiger partial charge in [-0.1, -0.05) is 12.8 Å². The predicted octanol–water partition coefficient (Wildman–Crippen LogP) is 0.0987. The lowest BCUT2D eigenvalue weighted by Gasteiger charge is -2.25. The minimum Gasteiger partial charge on any atom is -0.395 e. The fraction of sp³-hybridized carbons (Fsp3) is 0.900. The molecule has 1 rings (SSSR count). The van der Waals surface area contributed by atoms with Gasteiger partial charge in [-0.25, -0.2) is 0 Å². The van der Waals surface area contributed by atoms with Crippen molar-refractivity contribution in [3.63, 3.8) is 0 Å². The normalized spacial score (nSPS) is 19.6. The third kappa shape index (κ3) is 2.96. The summed E-state index contributed by atoms with van der Waals surface area (Å²) in [4.78, 5) is 13.2. The highest BCUT2D eigenvalue weighted by atomic mass is 16.3. The summed E-state index contributed by atoms with van der Waals surface area (Å²) in [6, 6.07) is 0. The van der Waals surface area contributed by atoms with Crippen LogP contribution < -0.4 is 5.73 Å². The van der Waals surface area contributed by atoms with Gasteiger partial charge in [-0.05, 0) is 12.8 Å². The molecule has 14 heavy (non-hydrogen) atoms. The number of carbonyl (C=O) groups excluding carboxylic acids is 1. The van der Waals surface area contributed by atoms with E-state index in [0.29, 0.717) is 13.0 Å². The van der Waals surface area contributed by atoms with Gasteiger partial charge in [0.25, 0.3) is 0 Å². The van der Waals surface area contributed by atoms with Crippen molar-refractivity contribution in [3.05, 3.63) is 0 Å². The van der Waals surface area contributed by atoms with Crippen molar-refractivity contribution in [2.75, 3.05) is 20.2 Å². The molecule has 1 aliphatic carbocycles. The van der Waals surface area contributed by atoms with E-state index < -0.39 is 0 Å².